The van der Waals surface area contributed by atoms with E-state index in [4.69, 9.17) is 27.7 Å². The molecule has 68 heavy (non-hydrogen) atoms. The van der Waals surface area contributed by atoms with E-state index in [-0.39, 0.29) is 56.3 Å². The van der Waals surface area contributed by atoms with Crippen molar-refractivity contribution in [1.29, 1.82) is 0 Å². The molecule has 4 rings (SSSR count). The van der Waals surface area contributed by atoms with E-state index in [1.807, 2.05) is 49.4 Å². The first-order chi connectivity index (χ1) is 32.5. The number of nitrogens with zero attached hydrogens (tertiary/aromatic N) is 1. The molecule has 0 bridgehead atoms. The van der Waals surface area contributed by atoms with Gasteiger partial charge in [0.05, 0.1) is 6.61 Å². The predicted molar refractivity (Wildman–Crippen MR) is 266 cm³/mol. The lowest BCUT2D eigenvalue weighted by molar-refractivity contribution is -0.136. The second-order valence-electron chi connectivity index (χ2n) is 17.6. The first-order valence-corrected chi connectivity index (χ1v) is 25.8. The van der Waals surface area contributed by atoms with Crippen LogP contribution in [0.15, 0.2) is 59.6 Å². The number of ether oxygens (including phenoxy) is 1. The van der Waals surface area contributed by atoms with Crippen LogP contribution in [0.3, 0.4) is 0 Å². The monoisotopic (exact) mass is 981 g/mol. The molecule has 1 saturated carbocycles. The third-order valence-corrected chi connectivity index (χ3v) is 15.1. The summed E-state index contributed by atoms with van der Waals surface area (Å²) in [6.07, 6.45) is 5.30. The van der Waals surface area contributed by atoms with Crippen LogP contribution in [0.2, 0.25) is 0 Å². The number of carbonyl (C=O) groups excluding carboxylic acids is 7. The quantitative estimate of drug-likeness (QED) is 0.0462. The number of primary amides is 1. The van der Waals surface area contributed by atoms with Crippen LogP contribution >= 0.6 is 21.6 Å². The molecule has 374 valence electrons. The average Bonchev–Trinajstić information content (AvgIpc) is 3.29. The molecule has 14 N–H and O–H groups in total. The Hall–Kier alpha value is -5.54. The van der Waals surface area contributed by atoms with Crippen LogP contribution < -0.4 is 59.6 Å². The molecule has 21 heteroatoms. The summed E-state index contributed by atoms with van der Waals surface area (Å²) in [5.41, 5.74) is 24.0. The number of unbranched alkanes of at least 4 members (excludes halogenated alkanes) is 1. The minimum atomic E-state index is -1.23. The zero-order chi connectivity index (χ0) is 49.6. The van der Waals surface area contributed by atoms with E-state index in [9.17, 15) is 33.6 Å². The van der Waals surface area contributed by atoms with Crippen LogP contribution in [0.1, 0.15) is 96.1 Å². The van der Waals surface area contributed by atoms with E-state index in [2.05, 4.69) is 36.9 Å². The summed E-state index contributed by atoms with van der Waals surface area (Å²) in [5, 5.41) is 16.9. The molecule has 2 aromatic rings. The van der Waals surface area contributed by atoms with Gasteiger partial charge in [-0.2, -0.15) is 0 Å². The van der Waals surface area contributed by atoms with Gasteiger partial charge in [-0.3, -0.25) is 38.6 Å². The third-order valence-electron chi connectivity index (χ3n) is 11.8. The van der Waals surface area contributed by atoms with Crippen molar-refractivity contribution in [1.82, 2.24) is 31.9 Å². The third kappa shape index (κ3) is 18.2. The molecule has 0 radical (unpaired) electrons. The van der Waals surface area contributed by atoms with Gasteiger partial charge >= 0.3 is 0 Å². The zero-order valence-electron chi connectivity index (χ0n) is 39.4. The number of amides is 7. The number of nitrogens with one attached hydrogen (secondary N) is 6. The maximum Gasteiger partial charge on any atom is 0.244 e. The molecule has 1 spiro atoms. The summed E-state index contributed by atoms with van der Waals surface area (Å²) in [5.74, 6) is -4.43. The maximum atomic E-state index is 14.5. The molecule has 0 aromatic heterocycles. The van der Waals surface area contributed by atoms with Crippen molar-refractivity contribution in [2.75, 3.05) is 25.4 Å². The van der Waals surface area contributed by atoms with Crippen LogP contribution in [-0.2, 0) is 46.4 Å². The Bertz CT molecular complexity index is 2020. The van der Waals surface area contributed by atoms with Gasteiger partial charge < -0.3 is 59.6 Å². The zero-order valence-corrected chi connectivity index (χ0v) is 41.0. The van der Waals surface area contributed by atoms with Crippen LogP contribution in [0.4, 0.5) is 0 Å². The number of aliphatic imine (C=N–C) groups is 1. The Morgan fingerprint density at radius 3 is 2.03 bits per heavy atom. The average molecular weight is 982 g/mol. The van der Waals surface area contributed by atoms with Gasteiger partial charge in [-0.05, 0) is 81.2 Å². The molecule has 19 nitrogen and oxygen atoms in total. The standard InChI is InChI=1S/C47H71N11O8S2/c1-4-66-32-18-16-31(17-19-32)26-35-42(62)56-36(25-30-13-7-5-8-14-30)43(63)58-39(29(2)3)45(65)55-34(20-23-48)41(61)57-37(28-67-68-47(27-38(59)53-35)21-10-6-11-22-47)44(64)54-33(40(49)60)15-9-12-24-52-46(50)51/h5,7-8,13-14,16-19,29,33-37,39H,4,6,9-12,15,20-28,48H2,1-3H3,(H2,49,60)(H,53,59)(H,54,64)(H,55,65)(H,56,62)(H,57,61)(H,58,63)(H4,50,51,52)/t33-,34+,35-,36+,37+,39-/m0/s1. The molecule has 1 aliphatic heterocycles. The highest BCUT2D eigenvalue weighted by Crippen LogP contribution is 2.48. The first kappa shape index (κ1) is 55.1. The highest BCUT2D eigenvalue weighted by atomic mass is 33.1. The number of nitrogens with two attached hydrogens (primary N) is 4. The molecule has 2 aliphatic rings. The lowest BCUT2D eigenvalue weighted by Gasteiger charge is -2.36. The van der Waals surface area contributed by atoms with Gasteiger partial charge in [-0.25, -0.2) is 0 Å². The van der Waals surface area contributed by atoms with Gasteiger partial charge in [0.15, 0.2) is 5.96 Å². The molecule has 6 atom stereocenters. The molecule has 2 aromatic carbocycles. The number of guanidine groups is 1. The molecule has 2 fully saturated rings. The van der Waals surface area contributed by atoms with Crippen molar-refractivity contribution in [3.8, 4) is 5.75 Å². The lowest BCUT2D eigenvalue weighted by atomic mass is 9.85. The van der Waals surface area contributed by atoms with Crippen molar-refractivity contribution in [2.24, 2.45) is 33.8 Å². The fourth-order valence-corrected chi connectivity index (χ4v) is 11.5. The summed E-state index contributed by atoms with van der Waals surface area (Å²) < 4.78 is 5.02. The fourth-order valence-electron chi connectivity index (χ4n) is 8.08. The van der Waals surface area contributed by atoms with Gasteiger partial charge in [0.1, 0.15) is 42.0 Å². The lowest BCUT2D eigenvalue weighted by Crippen LogP contribution is -2.61. The summed E-state index contributed by atoms with van der Waals surface area (Å²) in [6.45, 7) is 6.09. The number of hydrogen-bond acceptors (Lipinski definition) is 12. The van der Waals surface area contributed by atoms with E-state index in [0.717, 1.165) is 30.4 Å². The minimum Gasteiger partial charge on any atom is -0.494 e. The highest BCUT2D eigenvalue weighted by molar-refractivity contribution is 8.77. The largest absolute Gasteiger partial charge is 0.494 e. The fraction of sp³-hybridized carbons (Fsp3) is 0.574. The van der Waals surface area contributed by atoms with Crippen molar-refractivity contribution in [3.63, 3.8) is 0 Å². The SMILES string of the molecule is CCOc1ccc(C[C@@H]2NC(=O)CC3(CCCCC3)SSC[C@H](C(=O)N[C@@H](CCCCN=C(N)N)C(N)=O)NC(=O)[C@@H](CCN)NC(=O)[C@H](C(C)C)NC(=O)[C@@H](Cc3ccccc3)NC2=O)cc1. The van der Waals surface area contributed by atoms with Crippen molar-refractivity contribution < 1.29 is 38.3 Å². The maximum absolute atomic E-state index is 14.5. The molecular weight excluding hydrogens is 911 g/mol. The number of hydrogen-bond donors (Lipinski definition) is 10. The van der Waals surface area contributed by atoms with Crippen LogP contribution in [0, 0.1) is 5.92 Å². The number of rotatable bonds is 17. The smallest absolute Gasteiger partial charge is 0.244 e. The van der Waals surface area contributed by atoms with E-state index >= 15 is 0 Å². The van der Waals surface area contributed by atoms with Gasteiger partial charge in [0, 0.05) is 36.3 Å². The van der Waals surface area contributed by atoms with E-state index in [1.54, 1.807) is 26.0 Å². The first-order valence-electron chi connectivity index (χ1n) is 23.4. The van der Waals surface area contributed by atoms with Crippen molar-refractivity contribution in [2.45, 2.75) is 139 Å². The van der Waals surface area contributed by atoms with Gasteiger partial charge in [0.25, 0.3) is 0 Å². The van der Waals surface area contributed by atoms with Crippen molar-refractivity contribution >= 4 is 68.9 Å². The molecule has 1 aliphatic carbocycles. The van der Waals surface area contributed by atoms with Gasteiger partial charge in [-0.15, -0.1) is 0 Å². The Morgan fingerprint density at radius 2 is 1.41 bits per heavy atom. The Morgan fingerprint density at radius 1 is 0.794 bits per heavy atom. The Balaban J connectivity index is 1.73. The van der Waals surface area contributed by atoms with Crippen LogP contribution in [-0.4, -0.2) is 114 Å². The minimum absolute atomic E-state index is 0.00112. The number of carbonyl (C=O) groups is 7. The van der Waals surface area contributed by atoms with Crippen LogP contribution in [0.25, 0.3) is 0 Å². The second kappa shape index (κ2) is 28.1. The molecule has 1 heterocycles. The van der Waals surface area contributed by atoms with Gasteiger partial charge in [0.2, 0.25) is 41.4 Å². The van der Waals surface area contributed by atoms with E-state index in [0.29, 0.717) is 44.6 Å². The predicted octanol–water partition coefficient (Wildman–Crippen LogP) is 1.20. The van der Waals surface area contributed by atoms with Crippen LogP contribution in [0.5, 0.6) is 5.75 Å². The molecule has 1 saturated heterocycles. The topological polar surface area (TPSA) is 317 Å². The summed E-state index contributed by atoms with van der Waals surface area (Å²) in [7, 11) is 2.74. The van der Waals surface area contributed by atoms with Gasteiger partial charge in [-0.1, -0.05) is 97.2 Å². The summed E-state index contributed by atoms with van der Waals surface area (Å²) in [6, 6.07) is 9.27. The Labute approximate surface area is 407 Å². The molecule has 0 unspecified atom stereocenters. The van der Waals surface area contributed by atoms with Crippen molar-refractivity contribution in [3.05, 3.63) is 65.7 Å². The van der Waals surface area contributed by atoms with E-state index in [1.165, 1.54) is 21.6 Å². The molecular formula is C47H71N11O8S2. The Kier molecular flexibility index (Phi) is 22.7. The normalized spacial score (nSPS) is 22.6. The van der Waals surface area contributed by atoms with E-state index < -0.39 is 82.4 Å². The summed E-state index contributed by atoms with van der Waals surface area (Å²) >= 11 is 0. The second-order valence-corrected chi connectivity index (χ2v) is 20.4. The highest BCUT2D eigenvalue weighted by Gasteiger charge is 2.39. The summed E-state index contributed by atoms with van der Waals surface area (Å²) in [4.78, 5) is 102. The number of benzene rings is 2. The molecule has 7 amide bonds.